The maximum absolute atomic E-state index is 13.2. The maximum atomic E-state index is 13.2. The fourth-order valence-corrected chi connectivity index (χ4v) is 4.61. The molecule has 0 bridgehead atoms. The predicted molar refractivity (Wildman–Crippen MR) is 130 cm³/mol. The Hall–Kier alpha value is -3.17. The highest BCUT2D eigenvalue weighted by molar-refractivity contribution is 7.94. The van der Waals surface area contributed by atoms with Crippen LogP contribution in [0.3, 0.4) is 0 Å². The Morgan fingerprint density at radius 1 is 1.00 bits per heavy atom. The molecule has 2 atom stereocenters. The molecule has 1 heterocycles. The summed E-state index contributed by atoms with van der Waals surface area (Å²) < 4.78 is 30.4. The van der Waals surface area contributed by atoms with Crippen molar-refractivity contribution in [2.75, 3.05) is 26.3 Å². The molecule has 34 heavy (non-hydrogen) atoms. The summed E-state index contributed by atoms with van der Waals surface area (Å²) in [6.07, 6.45) is 2.27. The van der Waals surface area contributed by atoms with Crippen LogP contribution in [0, 0.1) is 0 Å². The van der Waals surface area contributed by atoms with Gasteiger partial charge in [0.05, 0.1) is 18.1 Å². The lowest BCUT2D eigenvalue weighted by atomic mass is 10.0. The number of rotatable bonds is 9. The van der Waals surface area contributed by atoms with Gasteiger partial charge in [0.2, 0.25) is 5.91 Å². The number of amides is 3. The Bertz CT molecular complexity index is 1070. The van der Waals surface area contributed by atoms with Gasteiger partial charge in [-0.05, 0) is 24.1 Å². The SMILES string of the molecule is CC[C@@H](/C=C/S(=O)(=O)c1ccccc1)NC(=O)C(Cc1ccccc1)NC(=O)N1CCOCC1. The molecular weight excluding hydrogens is 454 g/mol. The zero-order chi connectivity index (χ0) is 24.4. The average Bonchev–Trinajstić information content (AvgIpc) is 2.87. The predicted octanol–water partition coefficient (Wildman–Crippen LogP) is 2.52. The topological polar surface area (TPSA) is 105 Å². The zero-order valence-corrected chi connectivity index (χ0v) is 20.0. The largest absolute Gasteiger partial charge is 0.378 e. The van der Waals surface area contributed by atoms with E-state index in [0.29, 0.717) is 39.1 Å². The first-order valence-corrected chi connectivity index (χ1v) is 12.9. The van der Waals surface area contributed by atoms with E-state index in [9.17, 15) is 18.0 Å². The van der Waals surface area contributed by atoms with Crippen LogP contribution in [0.15, 0.2) is 77.0 Å². The van der Waals surface area contributed by atoms with Crippen LogP contribution in [0.5, 0.6) is 0 Å². The molecule has 9 heteroatoms. The molecule has 182 valence electrons. The highest BCUT2D eigenvalue weighted by Crippen LogP contribution is 2.12. The quantitative estimate of drug-likeness (QED) is 0.568. The first-order chi connectivity index (χ1) is 16.4. The van der Waals surface area contributed by atoms with Gasteiger partial charge in [-0.15, -0.1) is 0 Å². The molecule has 0 radical (unpaired) electrons. The Morgan fingerprint density at radius 2 is 1.62 bits per heavy atom. The summed E-state index contributed by atoms with van der Waals surface area (Å²) in [4.78, 5) is 27.7. The van der Waals surface area contributed by atoms with E-state index < -0.39 is 21.9 Å². The number of sulfone groups is 1. The van der Waals surface area contributed by atoms with Gasteiger partial charge in [-0.1, -0.05) is 61.5 Å². The lowest BCUT2D eigenvalue weighted by Gasteiger charge is -2.29. The Kier molecular flexibility index (Phi) is 9.24. The van der Waals surface area contributed by atoms with Gasteiger partial charge in [0.15, 0.2) is 9.84 Å². The molecule has 3 rings (SSSR count). The number of morpholine rings is 1. The van der Waals surface area contributed by atoms with Gasteiger partial charge < -0.3 is 20.3 Å². The van der Waals surface area contributed by atoms with Crippen LogP contribution in [0.2, 0.25) is 0 Å². The number of ether oxygens (including phenoxy) is 1. The van der Waals surface area contributed by atoms with E-state index in [1.54, 1.807) is 23.1 Å². The minimum Gasteiger partial charge on any atom is -0.378 e. The lowest BCUT2D eigenvalue weighted by Crippen LogP contribution is -2.55. The average molecular weight is 486 g/mol. The van der Waals surface area contributed by atoms with Crippen molar-refractivity contribution < 1.29 is 22.7 Å². The van der Waals surface area contributed by atoms with Crippen LogP contribution < -0.4 is 10.6 Å². The van der Waals surface area contributed by atoms with E-state index >= 15 is 0 Å². The molecule has 2 aromatic carbocycles. The van der Waals surface area contributed by atoms with Crippen molar-refractivity contribution in [1.82, 2.24) is 15.5 Å². The molecule has 1 aliphatic rings. The fraction of sp³-hybridized carbons (Fsp3) is 0.360. The molecule has 0 aromatic heterocycles. The lowest BCUT2D eigenvalue weighted by molar-refractivity contribution is -0.123. The summed E-state index contributed by atoms with van der Waals surface area (Å²) >= 11 is 0. The van der Waals surface area contributed by atoms with Crippen molar-refractivity contribution in [3.8, 4) is 0 Å². The minimum atomic E-state index is -3.62. The molecule has 1 aliphatic heterocycles. The summed E-state index contributed by atoms with van der Waals surface area (Å²) in [5, 5.41) is 6.83. The molecular formula is C25H31N3O5S. The van der Waals surface area contributed by atoms with Crippen molar-refractivity contribution in [2.24, 2.45) is 0 Å². The zero-order valence-electron chi connectivity index (χ0n) is 19.2. The van der Waals surface area contributed by atoms with Crippen molar-refractivity contribution >= 4 is 21.8 Å². The third kappa shape index (κ3) is 7.43. The minimum absolute atomic E-state index is 0.187. The molecule has 1 unspecified atom stereocenters. The van der Waals surface area contributed by atoms with Gasteiger partial charge in [0.1, 0.15) is 6.04 Å². The summed E-state index contributed by atoms with van der Waals surface area (Å²) in [7, 11) is -3.62. The molecule has 0 saturated carbocycles. The fourth-order valence-electron chi connectivity index (χ4n) is 3.52. The van der Waals surface area contributed by atoms with Crippen molar-refractivity contribution in [1.29, 1.82) is 0 Å². The molecule has 0 spiro atoms. The van der Waals surface area contributed by atoms with Gasteiger partial charge in [-0.2, -0.15) is 0 Å². The van der Waals surface area contributed by atoms with Gasteiger partial charge in [0, 0.05) is 31.0 Å². The molecule has 8 nitrogen and oxygen atoms in total. The number of carbonyl (C=O) groups is 2. The van der Waals surface area contributed by atoms with E-state index in [0.717, 1.165) is 11.0 Å². The molecule has 1 saturated heterocycles. The molecule has 2 aromatic rings. The first-order valence-electron chi connectivity index (χ1n) is 11.3. The number of hydrogen-bond donors (Lipinski definition) is 2. The number of urea groups is 1. The normalized spacial score (nSPS) is 16.1. The van der Waals surface area contributed by atoms with Gasteiger partial charge >= 0.3 is 6.03 Å². The highest BCUT2D eigenvalue weighted by atomic mass is 32.2. The Balaban J connectivity index is 1.71. The monoisotopic (exact) mass is 485 g/mol. The number of carbonyl (C=O) groups excluding carboxylic acids is 2. The summed E-state index contributed by atoms with van der Waals surface area (Å²) in [5.41, 5.74) is 0.903. The van der Waals surface area contributed by atoms with E-state index in [2.05, 4.69) is 10.6 Å². The maximum Gasteiger partial charge on any atom is 0.318 e. The third-order valence-electron chi connectivity index (χ3n) is 5.52. The van der Waals surface area contributed by atoms with Crippen LogP contribution in [0.1, 0.15) is 18.9 Å². The number of hydrogen-bond acceptors (Lipinski definition) is 5. The van der Waals surface area contributed by atoms with Gasteiger partial charge in [-0.3, -0.25) is 4.79 Å². The van der Waals surface area contributed by atoms with E-state index in [1.807, 2.05) is 37.3 Å². The second-order valence-corrected chi connectivity index (χ2v) is 9.83. The molecule has 1 fully saturated rings. The van der Waals surface area contributed by atoms with Crippen LogP contribution in [0.4, 0.5) is 4.79 Å². The summed E-state index contributed by atoms with van der Waals surface area (Å²) in [5.74, 6) is -0.376. The Morgan fingerprint density at radius 3 is 2.24 bits per heavy atom. The van der Waals surface area contributed by atoms with Gasteiger partial charge in [-0.25, -0.2) is 13.2 Å². The summed E-state index contributed by atoms with van der Waals surface area (Å²) in [6, 6.07) is 15.9. The van der Waals surface area contributed by atoms with Crippen molar-refractivity contribution in [3.05, 3.63) is 77.7 Å². The third-order valence-corrected chi connectivity index (χ3v) is 6.97. The van der Waals surface area contributed by atoms with Crippen molar-refractivity contribution in [2.45, 2.75) is 36.7 Å². The number of benzene rings is 2. The Labute approximate surface area is 200 Å². The number of nitrogens with zero attached hydrogens (tertiary/aromatic N) is 1. The molecule has 0 aliphatic carbocycles. The van der Waals surface area contributed by atoms with E-state index in [-0.39, 0.29) is 16.8 Å². The second-order valence-electron chi connectivity index (χ2n) is 8.00. The standard InChI is InChI=1S/C25H31N3O5S/c1-2-21(13-18-34(31,32)22-11-7-4-8-12-22)26-24(29)23(19-20-9-5-3-6-10-20)27-25(30)28-14-16-33-17-15-28/h3-13,18,21,23H,2,14-17,19H2,1H3,(H,26,29)(H,27,30)/b18-13+/t21-,23?/m0/s1. The smallest absolute Gasteiger partial charge is 0.318 e. The van der Waals surface area contributed by atoms with E-state index in [4.69, 9.17) is 4.74 Å². The van der Waals surface area contributed by atoms with Crippen LogP contribution in [0.25, 0.3) is 0 Å². The molecule has 3 amide bonds. The highest BCUT2D eigenvalue weighted by Gasteiger charge is 2.26. The summed E-state index contributed by atoms with van der Waals surface area (Å²) in [6.45, 7) is 3.69. The van der Waals surface area contributed by atoms with Crippen molar-refractivity contribution in [3.63, 3.8) is 0 Å². The van der Waals surface area contributed by atoms with E-state index in [1.165, 1.54) is 18.2 Å². The number of nitrogens with one attached hydrogen (secondary N) is 2. The van der Waals surface area contributed by atoms with Crippen LogP contribution in [-0.4, -0.2) is 63.6 Å². The van der Waals surface area contributed by atoms with Gasteiger partial charge in [0.25, 0.3) is 0 Å². The first kappa shape index (κ1) is 25.5. The van der Waals surface area contributed by atoms with Crippen LogP contribution >= 0.6 is 0 Å². The molecule has 2 N–H and O–H groups in total. The van der Waals surface area contributed by atoms with Crippen LogP contribution in [-0.2, 0) is 25.8 Å². The second kappa shape index (κ2) is 12.3.